The Kier molecular flexibility index (Phi) is 13.9. The van der Waals surface area contributed by atoms with Gasteiger partial charge < -0.3 is 20.6 Å². The molecule has 2 atom stereocenters. The van der Waals surface area contributed by atoms with Gasteiger partial charge in [-0.2, -0.15) is 0 Å². The Labute approximate surface area is 128 Å². The van der Waals surface area contributed by atoms with E-state index in [0.717, 1.165) is 12.8 Å². The normalized spacial score (nSPS) is 13.9. The molecule has 5 heteroatoms. The zero-order valence-corrected chi connectivity index (χ0v) is 13.4. The topological polar surface area (TPSA) is 89.8 Å². The van der Waals surface area contributed by atoms with Crippen LogP contribution in [0.25, 0.3) is 0 Å². The summed E-state index contributed by atoms with van der Waals surface area (Å²) in [6.07, 6.45) is 9.34. The van der Waals surface area contributed by atoms with Crippen LogP contribution in [0.1, 0.15) is 71.1 Å². The lowest BCUT2D eigenvalue weighted by atomic mass is 10.1. The van der Waals surface area contributed by atoms with Gasteiger partial charge in [-0.1, -0.05) is 64.7 Å². The van der Waals surface area contributed by atoms with E-state index in [1.165, 1.54) is 51.4 Å². The fourth-order valence-electron chi connectivity index (χ4n) is 2.20. The van der Waals surface area contributed by atoms with Crippen molar-refractivity contribution in [2.75, 3.05) is 13.2 Å². The van der Waals surface area contributed by atoms with Crippen molar-refractivity contribution in [3.05, 3.63) is 0 Å². The molecule has 0 fully saturated rings. The van der Waals surface area contributed by atoms with Crippen LogP contribution in [0.5, 0.6) is 0 Å². The highest BCUT2D eigenvalue weighted by Crippen LogP contribution is 2.10. The molecule has 0 saturated heterocycles. The number of carbonyl (C=O) groups excluding carboxylic acids is 1. The van der Waals surface area contributed by atoms with Gasteiger partial charge in [0.15, 0.2) is 6.10 Å². The second-order valence-electron chi connectivity index (χ2n) is 5.67. The number of unbranched alkanes of at least 4 members (excludes halogenated alkanes) is 9. The van der Waals surface area contributed by atoms with Crippen LogP contribution < -0.4 is 5.32 Å². The number of carbonyl (C=O) groups is 1. The third kappa shape index (κ3) is 11.7. The molecule has 0 radical (unpaired) electrons. The quantitative estimate of drug-likeness (QED) is 0.368. The average Bonchev–Trinajstić information content (AvgIpc) is 2.50. The molecule has 0 aromatic carbocycles. The number of aliphatic hydroxyl groups is 3. The van der Waals surface area contributed by atoms with Crippen molar-refractivity contribution in [1.29, 1.82) is 0 Å². The summed E-state index contributed by atoms with van der Waals surface area (Å²) in [7, 11) is 0. The number of nitrogens with one attached hydrogen (secondary N) is 1. The fraction of sp³-hybridized carbons (Fsp3) is 0.938. The summed E-state index contributed by atoms with van der Waals surface area (Å²) in [6.45, 7) is 2.11. The minimum Gasteiger partial charge on any atom is -0.394 e. The third-order valence-corrected chi connectivity index (χ3v) is 3.65. The summed E-state index contributed by atoms with van der Waals surface area (Å²) >= 11 is 0. The molecule has 0 aromatic rings. The molecule has 0 saturated carbocycles. The molecule has 21 heavy (non-hydrogen) atoms. The van der Waals surface area contributed by atoms with E-state index in [9.17, 15) is 9.90 Å². The molecular weight excluding hydrogens is 270 g/mol. The van der Waals surface area contributed by atoms with Gasteiger partial charge >= 0.3 is 0 Å². The van der Waals surface area contributed by atoms with Gasteiger partial charge in [-0.15, -0.1) is 0 Å². The molecule has 1 amide bonds. The molecule has 0 spiro atoms. The van der Waals surface area contributed by atoms with E-state index >= 15 is 0 Å². The van der Waals surface area contributed by atoms with Crippen molar-refractivity contribution >= 4 is 5.91 Å². The Morgan fingerprint density at radius 1 is 0.905 bits per heavy atom. The van der Waals surface area contributed by atoms with Gasteiger partial charge in [0.2, 0.25) is 0 Å². The molecular formula is C16H33NO4. The minimum absolute atomic E-state index is 0.505. The van der Waals surface area contributed by atoms with Gasteiger partial charge in [-0.25, -0.2) is 0 Å². The number of hydrogen-bond acceptors (Lipinski definition) is 4. The maximum Gasteiger partial charge on any atom is 0.251 e. The Balaban J connectivity index is 3.30. The van der Waals surface area contributed by atoms with Gasteiger partial charge in [0.1, 0.15) is 6.10 Å². The lowest BCUT2D eigenvalue weighted by Gasteiger charge is -2.15. The lowest BCUT2D eigenvalue weighted by molar-refractivity contribution is -0.136. The first-order valence-corrected chi connectivity index (χ1v) is 8.38. The zero-order valence-electron chi connectivity index (χ0n) is 13.4. The van der Waals surface area contributed by atoms with E-state index in [2.05, 4.69) is 12.2 Å². The minimum atomic E-state index is -1.54. The largest absolute Gasteiger partial charge is 0.394 e. The van der Waals surface area contributed by atoms with Crippen LogP contribution in [0.15, 0.2) is 0 Å². The van der Waals surface area contributed by atoms with Crippen LogP contribution in [-0.2, 0) is 4.79 Å². The molecule has 0 aliphatic heterocycles. The van der Waals surface area contributed by atoms with E-state index in [-0.39, 0.29) is 0 Å². The highest BCUT2D eigenvalue weighted by Gasteiger charge is 2.22. The van der Waals surface area contributed by atoms with Crippen molar-refractivity contribution in [2.45, 2.75) is 83.3 Å². The molecule has 126 valence electrons. The molecule has 0 rings (SSSR count). The summed E-state index contributed by atoms with van der Waals surface area (Å²) in [5.41, 5.74) is 0. The highest BCUT2D eigenvalue weighted by molar-refractivity contribution is 5.81. The van der Waals surface area contributed by atoms with Crippen LogP contribution in [-0.4, -0.2) is 46.6 Å². The summed E-state index contributed by atoms with van der Waals surface area (Å²) in [6, 6.07) is 0. The van der Waals surface area contributed by atoms with E-state index in [4.69, 9.17) is 10.2 Å². The fourth-order valence-corrected chi connectivity index (χ4v) is 2.20. The molecule has 0 unspecified atom stereocenters. The van der Waals surface area contributed by atoms with Crippen molar-refractivity contribution in [3.8, 4) is 0 Å². The second kappa shape index (κ2) is 14.3. The number of rotatable bonds is 14. The van der Waals surface area contributed by atoms with Gasteiger partial charge in [-0.3, -0.25) is 4.79 Å². The molecule has 0 heterocycles. The highest BCUT2D eigenvalue weighted by atomic mass is 16.4. The van der Waals surface area contributed by atoms with Gasteiger partial charge in [0.25, 0.3) is 5.91 Å². The van der Waals surface area contributed by atoms with Crippen LogP contribution in [0, 0.1) is 0 Å². The molecule has 0 aromatic heterocycles. The summed E-state index contributed by atoms with van der Waals surface area (Å²) in [4.78, 5) is 11.4. The van der Waals surface area contributed by atoms with E-state index in [1.807, 2.05) is 0 Å². The Bertz CT molecular complexity index is 248. The first-order valence-electron chi connectivity index (χ1n) is 8.38. The first kappa shape index (κ1) is 20.3. The van der Waals surface area contributed by atoms with Crippen molar-refractivity contribution in [1.82, 2.24) is 5.32 Å². The zero-order chi connectivity index (χ0) is 15.9. The summed E-state index contributed by atoms with van der Waals surface area (Å²) in [5, 5.41) is 29.6. The van der Waals surface area contributed by atoms with E-state index in [1.54, 1.807) is 0 Å². The Morgan fingerprint density at radius 3 is 1.86 bits per heavy atom. The SMILES string of the molecule is CCCCCCCCCCCCNC(=O)[C@H](O)[C@@H](O)CO. The van der Waals surface area contributed by atoms with Gasteiger partial charge in [0, 0.05) is 6.54 Å². The van der Waals surface area contributed by atoms with Gasteiger partial charge in [-0.05, 0) is 6.42 Å². The maximum absolute atomic E-state index is 11.4. The molecule has 0 aliphatic carbocycles. The van der Waals surface area contributed by atoms with Crippen LogP contribution >= 0.6 is 0 Å². The van der Waals surface area contributed by atoms with Crippen molar-refractivity contribution < 1.29 is 20.1 Å². The lowest BCUT2D eigenvalue weighted by Crippen LogP contribution is -2.43. The summed E-state index contributed by atoms with van der Waals surface area (Å²) in [5.74, 6) is -0.618. The molecule has 5 nitrogen and oxygen atoms in total. The monoisotopic (exact) mass is 303 g/mol. The van der Waals surface area contributed by atoms with E-state index in [0.29, 0.717) is 6.54 Å². The van der Waals surface area contributed by atoms with Crippen LogP contribution in [0.2, 0.25) is 0 Å². The maximum atomic E-state index is 11.4. The number of aliphatic hydroxyl groups excluding tert-OH is 3. The van der Waals surface area contributed by atoms with Crippen LogP contribution in [0.3, 0.4) is 0 Å². The molecule has 0 aliphatic rings. The van der Waals surface area contributed by atoms with Gasteiger partial charge in [0.05, 0.1) is 6.61 Å². The number of amides is 1. The van der Waals surface area contributed by atoms with Crippen LogP contribution in [0.4, 0.5) is 0 Å². The smallest absolute Gasteiger partial charge is 0.251 e. The molecule has 0 bridgehead atoms. The average molecular weight is 303 g/mol. The van der Waals surface area contributed by atoms with Crippen molar-refractivity contribution in [3.63, 3.8) is 0 Å². The Morgan fingerprint density at radius 2 is 1.38 bits per heavy atom. The summed E-state index contributed by atoms with van der Waals surface area (Å²) < 4.78 is 0. The van der Waals surface area contributed by atoms with Crippen molar-refractivity contribution in [2.24, 2.45) is 0 Å². The molecule has 4 N–H and O–H groups in total. The first-order chi connectivity index (χ1) is 10.1. The Hall–Kier alpha value is -0.650. The predicted octanol–water partition coefficient (Wildman–Crippen LogP) is 1.74. The van der Waals surface area contributed by atoms with E-state index < -0.39 is 24.7 Å². The number of hydrogen-bond donors (Lipinski definition) is 4. The third-order valence-electron chi connectivity index (χ3n) is 3.65. The second-order valence-corrected chi connectivity index (χ2v) is 5.67. The standard InChI is InChI=1S/C16H33NO4/c1-2-3-4-5-6-7-8-9-10-11-12-17-16(21)15(20)14(19)13-18/h14-15,18-20H,2-13H2,1H3,(H,17,21)/t14-,15+/m0/s1. The predicted molar refractivity (Wildman–Crippen MR) is 84.0 cm³/mol.